The van der Waals surface area contributed by atoms with Crippen LogP contribution >= 0.6 is 0 Å². The fourth-order valence-corrected chi connectivity index (χ4v) is 2.51. The molecule has 96 valence electrons. The lowest BCUT2D eigenvalue weighted by Gasteiger charge is -2.33. The number of hydrogen-bond acceptors (Lipinski definition) is 3. The van der Waals surface area contributed by atoms with Crippen LogP contribution in [-0.4, -0.2) is 33.5 Å². The zero-order valence-corrected chi connectivity index (χ0v) is 10.6. The third-order valence-corrected chi connectivity index (χ3v) is 3.65. The highest BCUT2D eigenvalue weighted by Gasteiger charge is 2.36. The predicted molar refractivity (Wildman–Crippen MR) is 64.5 cm³/mol. The molecule has 2 rings (SSSR count). The molecule has 1 aliphatic heterocycles. The second-order valence-corrected chi connectivity index (χ2v) is 4.99. The Hall–Kier alpha value is -0.970. The summed E-state index contributed by atoms with van der Waals surface area (Å²) in [6.07, 6.45) is 3.88. The van der Waals surface area contributed by atoms with E-state index in [4.69, 9.17) is 0 Å². The smallest absolute Gasteiger partial charge is 0.138 e. The van der Waals surface area contributed by atoms with E-state index < -0.39 is 5.67 Å². The Bertz CT molecular complexity index is 355. The maximum absolute atomic E-state index is 14.7. The van der Waals surface area contributed by atoms with Gasteiger partial charge in [0.25, 0.3) is 0 Å². The molecule has 4 nitrogen and oxygen atoms in total. The van der Waals surface area contributed by atoms with E-state index in [0.29, 0.717) is 6.42 Å². The van der Waals surface area contributed by atoms with Gasteiger partial charge in [-0.15, -0.1) is 0 Å². The quantitative estimate of drug-likeness (QED) is 0.868. The van der Waals surface area contributed by atoms with Gasteiger partial charge in [0.1, 0.15) is 17.8 Å². The molecule has 0 amide bonds. The van der Waals surface area contributed by atoms with Crippen molar-refractivity contribution in [1.82, 2.24) is 20.1 Å². The molecular formula is C12H21FN4. The van der Waals surface area contributed by atoms with Crippen molar-refractivity contribution in [3.05, 3.63) is 12.2 Å². The van der Waals surface area contributed by atoms with Crippen molar-refractivity contribution in [2.45, 2.75) is 45.3 Å². The normalized spacial score (nSPS) is 24.5. The molecule has 0 saturated carbocycles. The first kappa shape index (κ1) is 12.5. The first-order valence-corrected chi connectivity index (χ1v) is 6.40. The lowest BCUT2D eigenvalue weighted by Crippen LogP contribution is -2.43. The Morgan fingerprint density at radius 2 is 2.47 bits per heavy atom. The van der Waals surface area contributed by atoms with Gasteiger partial charge in [0.05, 0.1) is 0 Å². The lowest BCUT2D eigenvalue weighted by molar-refractivity contribution is 0.0800. The first-order chi connectivity index (χ1) is 8.13. The van der Waals surface area contributed by atoms with Crippen molar-refractivity contribution < 1.29 is 4.39 Å². The van der Waals surface area contributed by atoms with Gasteiger partial charge in [-0.1, -0.05) is 0 Å². The number of piperidine rings is 1. The Kier molecular flexibility index (Phi) is 3.76. The number of aryl methyl sites for hydroxylation is 1. The molecule has 17 heavy (non-hydrogen) atoms. The largest absolute Gasteiger partial charge is 0.316 e. The fraction of sp³-hybridized carbons (Fsp3) is 0.833. The summed E-state index contributed by atoms with van der Waals surface area (Å²) in [6, 6.07) is 0. The number of rotatable bonds is 4. The molecule has 0 radical (unpaired) electrons. The second kappa shape index (κ2) is 5.12. The van der Waals surface area contributed by atoms with Crippen LogP contribution in [0.2, 0.25) is 0 Å². The summed E-state index contributed by atoms with van der Waals surface area (Å²) in [4.78, 5) is 4.16. The number of aromatic nitrogens is 3. The van der Waals surface area contributed by atoms with Crippen LogP contribution in [0.25, 0.3) is 0 Å². The number of alkyl halides is 1. The fourth-order valence-electron chi connectivity index (χ4n) is 2.51. The van der Waals surface area contributed by atoms with Gasteiger partial charge in [-0.05, 0) is 33.2 Å². The maximum Gasteiger partial charge on any atom is 0.138 e. The molecule has 1 aromatic heterocycles. The van der Waals surface area contributed by atoms with Crippen LogP contribution in [-0.2, 0) is 13.0 Å². The molecule has 1 fully saturated rings. The van der Waals surface area contributed by atoms with E-state index in [0.717, 1.165) is 38.3 Å². The average Bonchev–Trinajstić information content (AvgIpc) is 2.77. The maximum atomic E-state index is 14.7. The summed E-state index contributed by atoms with van der Waals surface area (Å²) in [6.45, 7) is 6.22. The number of hydrogen-bond donors (Lipinski definition) is 1. The van der Waals surface area contributed by atoms with Crippen molar-refractivity contribution in [1.29, 1.82) is 0 Å². The lowest BCUT2D eigenvalue weighted by atomic mass is 9.82. The number of halogens is 1. The molecule has 2 unspecified atom stereocenters. The van der Waals surface area contributed by atoms with Crippen LogP contribution in [0.1, 0.15) is 32.5 Å². The van der Waals surface area contributed by atoms with Crippen molar-refractivity contribution in [3.63, 3.8) is 0 Å². The number of nitrogens with one attached hydrogen (secondary N) is 1. The summed E-state index contributed by atoms with van der Waals surface area (Å²) in [7, 11) is 0. The zero-order valence-electron chi connectivity index (χ0n) is 10.6. The topological polar surface area (TPSA) is 42.7 Å². The summed E-state index contributed by atoms with van der Waals surface area (Å²) in [5.74, 6) is 0.835. The van der Waals surface area contributed by atoms with Gasteiger partial charge in [0.2, 0.25) is 0 Å². The van der Waals surface area contributed by atoms with Gasteiger partial charge >= 0.3 is 0 Å². The molecule has 5 heteroatoms. The molecule has 2 heterocycles. The molecule has 0 aromatic carbocycles. The van der Waals surface area contributed by atoms with E-state index in [2.05, 4.69) is 15.4 Å². The zero-order chi connectivity index (χ0) is 12.3. The van der Waals surface area contributed by atoms with Crippen LogP contribution < -0.4 is 5.32 Å². The molecule has 2 atom stereocenters. The molecule has 0 bridgehead atoms. The highest BCUT2D eigenvalue weighted by Crippen LogP contribution is 2.30. The van der Waals surface area contributed by atoms with Gasteiger partial charge in [-0.25, -0.2) is 9.37 Å². The molecule has 1 aromatic rings. The van der Waals surface area contributed by atoms with Crippen LogP contribution in [0.4, 0.5) is 4.39 Å². The van der Waals surface area contributed by atoms with Crippen molar-refractivity contribution in [2.75, 3.05) is 13.1 Å². The van der Waals surface area contributed by atoms with E-state index in [1.165, 1.54) is 6.33 Å². The van der Waals surface area contributed by atoms with Crippen LogP contribution in [0.15, 0.2) is 6.33 Å². The Labute approximate surface area is 102 Å². The van der Waals surface area contributed by atoms with Crippen molar-refractivity contribution in [2.24, 2.45) is 5.92 Å². The van der Waals surface area contributed by atoms with Gasteiger partial charge < -0.3 is 5.32 Å². The highest BCUT2D eigenvalue weighted by atomic mass is 19.1. The highest BCUT2D eigenvalue weighted by molar-refractivity contribution is 4.97. The molecular weight excluding hydrogens is 219 g/mol. The van der Waals surface area contributed by atoms with Crippen LogP contribution in [0.5, 0.6) is 0 Å². The summed E-state index contributed by atoms with van der Waals surface area (Å²) in [5.41, 5.74) is -1.20. The van der Waals surface area contributed by atoms with Gasteiger partial charge in [0, 0.05) is 25.4 Å². The Balaban J connectivity index is 2.05. The average molecular weight is 240 g/mol. The van der Waals surface area contributed by atoms with Crippen molar-refractivity contribution in [3.8, 4) is 0 Å². The van der Waals surface area contributed by atoms with Crippen molar-refractivity contribution >= 4 is 0 Å². The minimum Gasteiger partial charge on any atom is -0.316 e. The summed E-state index contributed by atoms with van der Waals surface area (Å²) in [5, 5.41) is 7.35. The monoisotopic (exact) mass is 240 g/mol. The molecule has 0 aliphatic carbocycles. The SMILES string of the molecule is CCn1ncnc1CC(C)(F)C1CCCNC1. The predicted octanol–water partition coefficient (Wildman–Crippen LogP) is 1.57. The van der Waals surface area contributed by atoms with E-state index in [9.17, 15) is 4.39 Å². The molecule has 1 aliphatic rings. The minimum atomic E-state index is -1.20. The summed E-state index contributed by atoms with van der Waals surface area (Å²) < 4.78 is 16.5. The molecule has 1 N–H and O–H groups in total. The van der Waals surface area contributed by atoms with Crippen LogP contribution in [0, 0.1) is 5.92 Å². The third-order valence-electron chi connectivity index (χ3n) is 3.65. The first-order valence-electron chi connectivity index (χ1n) is 6.40. The van der Waals surface area contributed by atoms with E-state index in [1.54, 1.807) is 11.6 Å². The van der Waals surface area contributed by atoms with E-state index >= 15 is 0 Å². The third kappa shape index (κ3) is 2.83. The summed E-state index contributed by atoms with van der Waals surface area (Å²) >= 11 is 0. The van der Waals surface area contributed by atoms with E-state index in [-0.39, 0.29) is 5.92 Å². The second-order valence-electron chi connectivity index (χ2n) is 4.99. The van der Waals surface area contributed by atoms with E-state index in [1.807, 2.05) is 6.92 Å². The van der Waals surface area contributed by atoms with Gasteiger partial charge in [-0.3, -0.25) is 4.68 Å². The minimum absolute atomic E-state index is 0.0817. The molecule has 1 saturated heterocycles. The molecule has 0 spiro atoms. The standard InChI is InChI=1S/C12H21FN4/c1-3-17-11(15-9-16-17)7-12(2,13)10-5-4-6-14-8-10/h9-10,14H,3-8H2,1-2H3. The van der Waals surface area contributed by atoms with Gasteiger partial charge in [0.15, 0.2) is 0 Å². The van der Waals surface area contributed by atoms with Crippen LogP contribution in [0.3, 0.4) is 0 Å². The Morgan fingerprint density at radius 1 is 1.65 bits per heavy atom. The van der Waals surface area contributed by atoms with Gasteiger partial charge in [-0.2, -0.15) is 5.10 Å². The number of nitrogens with zero attached hydrogens (tertiary/aromatic N) is 3. The Morgan fingerprint density at radius 3 is 3.12 bits per heavy atom.